The number of carbonyl (C=O) groups excluding carboxylic acids is 1. The van der Waals surface area contributed by atoms with Crippen LogP contribution in [-0.2, 0) is 18.0 Å². The van der Waals surface area contributed by atoms with Gasteiger partial charge in [0.1, 0.15) is 10.7 Å². The maximum Gasteiger partial charge on any atom is 0.436 e. The third kappa shape index (κ3) is 4.40. The second kappa shape index (κ2) is 7.71. The highest BCUT2D eigenvalue weighted by molar-refractivity contribution is 6.34. The van der Waals surface area contributed by atoms with Crippen molar-refractivity contribution in [2.24, 2.45) is 13.0 Å². The summed E-state index contributed by atoms with van der Waals surface area (Å²) in [6.45, 7) is 3.57. The lowest BCUT2D eigenvalue weighted by Gasteiger charge is -2.15. The van der Waals surface area contributed by atoms with Crippen molar-refractivity contribution in [2.75, 3.05) is 39.9 Å². The van der Waals surface area contributed by atoms with Gasteiger partial charge in [0.25, 0.3) is 5.91 Å². The molecule has 0 bridgehead atoms. The van der Waals surface area contributed by atoms with Crippen molar-refractivity contribution in [1.82, 2.24) is 20.0 Å². The summed E-state index contributed by atoms with van der Waals surface area (Å²) in [7, 11) is 2.90. The van der Waals surface area contributed by atoms with Crippen LogP contribution in [0.1, 0.15) is 22.6 Å². The number of halogens is 4. The van der Waals surface area contributed by atoms with E-state index >= 15 is 0 Å². The Morgan fingerprint density at radius 2 is 2.21 bits per heavy atom. The van der Waals surface area contributed by atoms with Gasteiger partial charge in [-0.2, -0.15) is 18.3 Å². The number of likely N-dealkylation sites (tertiary alicyclic amines) is 1. The minimum atomic E-state index is -4.69. The van der Waals surface area contributed by atoms with Gasteiger partial charge in [0, 0.05) is 33.8 Å². The highest BCUT2D eigenvalue weighted by Crippen LogP contribution is 2.35. The molecule has 1 aliphatic heterocycles. The normalized spacial score (nSPS) is 19.0. The van der Waals surface area contributed by atoms with E-state index in [-0.39, 0.29) is 11.6 Å². The molecular weight excluding hydrogens is 349 g/mol. The summed E-state index contributed by atoms with van der Waals surface area (Å²) in [5, 5.41) is 5.29. The molecule has 6 nitrogen and oxygen atoms in total. The molecule has 1 amide bonds. The molecule has 136 valence electrons. The molecule has 0 aliphatic carbocycles. The van der Waals surface area contributed by atoms with E-state index in [1.807, 2.05) is 0 Å². The third-order valence-electron chi connectivity index (χ3n) is 4.01. The van der Waals surface area contributed by atoms with E-state index in [0.717, 1.165) is 30.7 Å². The number of ether oxygens (including phenoxy) is 1. The zero-order valence-electron chi connectivity index (χ0n) is 13.5. The molecule has 1 fully saturated rings. The summed E-state index contributed by atoms with van der Waals surface area (Å²) < 4.78 is 44.2. The first-order valence-electron chi connectivity index (χ1n) is 7.53. The number of hydrogen-bond donors (Lipinski definition) is 1. The fourth-order valence-corrected chi connectivity index (χ4v) is 3.10. The molecule has 1 atom stereocenters. The number of methoxy groups -OCH3 is 1. The average Bonchev–Trinajstić information content (AvgIpc) is 3.06. The molecular formula is C14H20ClF3N4O2. The van der Waals surface area contributed by atoms with Crippen molar-refractivity contribution in [3.63, 3.8) is 0 Å². The predicted molar refractivity (Wildman–Crippen MR) is 82.0 cm³/mol. The number of nitrogens with one attached hydrogen (secondary N) is 1. The van der Waals surface area contributed by atoms with Crippen molar-refractivity contribution >= 4 is 17.5 Å². The molecule has 0 radical (unpaired) electrons. The third-order valence-corrected chi connectivity index (χ3v) is 4.36. The second-order valence-corrected chi connectivity index (χ2v) is 6.17. The number of aryl methyl sites for hydroxylation is 1. The molecule has 1 saturated heterocycles. The smallest absolute Gasteiger partial charge is 0.383 e. The van der Waals surface area contributed by atoms with Gasteiger partial charge in [0.15, 0.2) is 5.69 Å². The van der Waals surface area contributed by atoms with Gasteiger partial charge >= 0.3 is 6.18 Å². The molecule has 1 N–H and O–H groups in total. The Morgan fingerprint density at radius 3 is 2.79 bits per heavy atom. The topological polar surface area (TPSA) is 59.4 Å². The Hall–Kier alpha value is -1.32. The van der Waals surface area contributed by atoms with Crippen molar-refractivity contribution < 1.29 is 22.7 Å². The van der Waals surface area contributed by atoms with Crippen LogP contribution in [0.15, 0.2) is 0 Å². The van der Waals surface area contributed by atoms with Gasteiger partial charge in [0.2, 0.25) is 0 Å². The van der Waals surface area contributed by atoms with E-state index in [9.17, 15) is 18.0 Å². The number of carbonyl (C=O) groups is 1. The molecule has 0 spiro atoms. The molecule has 0 aromatic carbocycles. The van der Waals surface area contributed by atoms with Crippen LogP contribution in [0.3, 0.4) is 0 Å². The Balaban J connectivity index is 1.93. The van der Waals surface area contributed by atoms with Crippen molar-refractivity contribution in [3.05, 3.63) is 16.4 Å². The summed E-state index contributed by atoms with van der Waals surface area (Å²) in [6.07, 6.45) is -3.78. The van der Waals surface area contributed by atoms with Crippen LogP contribution in [0, 0.1) is 5.92 Å². The van der Waals surface area contributed by atoms with Gasteiger partial charge in [-0.15, -0.1) is 0 Å². The zero-order valence-corrected chi connectivity index (χ0v) is 14.2. The van der Waals surface area contributed by atoms with Crippen LogP contribution in [0.4, 0.5) is 13.2 Å². The number of hydrogen-bond acceptors (Lipinski definition) is 4. The van der Waals surface area contributed by atoms with E-state index in [2.05, 4.69) is 15.3 Å². The summed E-state index contributed by atoms with van der Waals surface area (Å²) in [4.78, 5) is 14.4. The van der Waals surface area contributed by atoms with Gasteiger partial charge in [-0.3, -0.25) is 9.48 Å². The number of rotatable bonds is 6. The number of nitrogens with zero attached hydrogens (tertiary/aromatic N) is 3. The molecule has 0 saturated carbocycles. The number of amides is 1. The Bertz CT molecular complexity index is 591. The van der Waals surface area contributed by atoms with Crippen LogP contribution >= 0.6 is 11.6 Å². The molecule has 1 unspecified atom stereocenters. The Morgan fingerprint density at radius 1 is 1.50 bits per heavy atom. The standard InChI is InChI=1S/C14H20ClF3N4O2/c1-21-11(10(15)12(20-21)14(16,17)18)13(23)19-7-9-3-4-22(8-9)5-6-24-2/h9H,3-8H2,1-2H3,(H,19,23). The van der Waals surface area contributed by atoms with Crippen molar-refractivity contribution in [1.29, 1.82) is 0 Å². The van der Waals surface area contributed by atoms with Crippen molar-refractivity contribution in [3.8, 4) is 0 Å². The highest BCUT2D eigenvalue weighted by atomic mass is 35.5. The molecule has 1 aromatic heterocycles. The molecule has 10 heteroatoms. The summed E-state index contributed by atoms with van der Waals surface area (Å²) in [5.41, 5.74) is -1.53. The van der Waals surface area contributed by atoms with Gasteiger partial charge in [-0.1, -0.05) is 11.6 Å². The molecule has 1 aromatic rings. The van der Waals surface area contributed by atoms with Crippen LogP contribution in [0.25, 0.3) is 0 Å². The minimum absolute atomic E-state index is 0.250. The second-order valence-electron chi connectivity index (χ2n) is 5.79. The fraction of sp³-hybridized carbons (Fsp3) is 0.714. The van der Waals surface area contributed by atoms with E-state index < -0.39 is 22.8 Å². The van der Waals surface area contributed by atoms with Gasteiger partial charge in [0.05, 0.1) is 6.61 Å². The quantitative estimate of drug-likeness (QED) is 0.831. The van der Waals surface area contributed by atoms with Crippen molar-refractivity contribution in [2.45, 2.75) is 12.6 Å². The first kappa shape index (κ1) is 19.0. The van der Waals surface area contributed by atoms with Crippen LogP contribution in [-0.4, -0.2) is 60.5 Å². The van der Waals surface area contributed by atoms with E-state index in [4.69, 9.17) is 16.3 Å². The number of alkyl halides is 3. The summed E-state index contributed by atoms with van der Waals surface area (Å²) in [6, 6.07) is 0. The molecule has 2 heterocycles. The maximum absolute atomic E-state index is 12.8. The lowest BCUT2D eigenvalue weighted by molar-refractivity contribution is -0.141. The molecule has 2 rings (SSSR count). The zero-order chi connectivity index (χ0) is 17.9. The van der Waals surface area contributed by atoms with E-state index in [0.29, 0.717) is 13.2 Å². The van der Waals surface area contributed by atoms with Gasteiger partial charge in [-0.05, 0) is 18.9 Å². The monoisotopic (exact) mass is 368 g/mol. The molecule has 24 heavy (non-hydrogen) atoms. The molecule has 1 aliphatic rings. The maximum atomic E-state index is 12.8. The average molecular weight is 369 g/mol. The summed E-state index contributed by atoms with van der Waals surface area (Å²) in [5.74, 6) is -0.402. The predicted octanol–water partition coefficient (Wildman–Crippen LogP) is 1.79. The minimum Gasteiger partial charge on any atom is -0.383 e. The lowest BCUT2D eigenvalue weighted by Crippen LogP contribution is -2.32. The highest BCUT2D eigenvalue weighted by Gasteiger charge is 2.39. The Kier molecular flexibility index (Phi) is 6.11. The first-order chi connectivity index (χ1) is 11.2. The fourth-order valence-electron chi connectivity index (χ4n) is 2.75. The van der Waals surface area contributed by atoms with E-state index in [1.54, 1.807) is 7.11 Å². The largest absolute Gasteiger partial charge is 0.436 e. The SMILES string of the molecule is COCCN1CCC(CNC(=O)c2c(Cl)c(C(F)(F)F)nn2C)C1. The first-order valence-corrected chi connectivity index (χ1v) is 7.91. The summed E-state index contributed by atoms with van der Waals surface area (Å²) >= 11 is 5.70. The Labute approximate surface area is 142 Å². The van der Waals surface area contributed by atoms with Gasteiger partial charge in [-0.25, -0.2) is 0 Å². The lowest BCUT2D eigenvalue weighted by atomic mass is 10.1. The van der Waals surface area contributed by atoms with Crippen LogP contribution in [0.5, 0.6) is 0 Å². The number of aromatic nitrogens is 2. The van der Waals surface area contributed by atoms with E-state index in [1.165, 1.54) is 7.05 Å². The van der Waals surface area contributed by atoms with Crippen LogP contribution < -0.4 is 5.32 Å². The van der Waals surface area contributed by atoms with Gasteiger partial charge < -0.3 is 15.0 Å². The van der Waals surface area contributed by atoms with Crippen LogP contribution in [0.2, 0.25) is 5.02 Å².